The summed E-state index contributed by atoms with van der Waals surface area (Å²) in [7, 11) is 0. The number of aryl methyl sites for hydroxylation is 1. The summed E-state index contributed by atoms with van der Waals surface area (Å²) in [6, 6.07) is 12.9. The fourth-order valence-electron chi connectivity index (χ4n) is 4.53. The molecular formula is C22H26N4. The molecule has 0 bridgehead atoms. The van der Waals surface area contributed by atoms with E-state index in [9.17, 15) is 5.26 Å². The van der Waals surface area contributed by atoms with Crippen LogP contribution < -0.4 is 4.90 Å². The number of aromatic nitrogens is 2. The smallest absolute Gasteiger partial charge is 0.157 e. The number of fused-ring (bicyclic) bond motifs is 3. The normalized spacial score (nSPS) is 20.6. The molecule has 4 heteroatoms. The molecule has 1 aromatic carbocycles. The fraction of sp³-hybridized carbons (Fsp3) is 0.455. The molecule has 2 atom stereocenters. The Bertz CT molecular complexity index is 985. The summed E-state index contributed by atoms with van der Waals surface area (Å²) in [5.74, 6) is 2.54. The number of benzene rings is 1. The summed E-state index contributed by atoms with van der Waals surface area (Å²) >= 11 is 0. The van der Waals surface area contributed by atoms with Gasteiger partial charge in [0, 0.05) is 13.1 Å². The van der Waals surface area contributed by atoms with Gasteiger partial charge in [-0.15, -0.1) is 0 Å². The van der Waals surface area contributed by atoms with E-state index in [0.29, 0.717) is 11.8 Å². The van der Waals surface area contributed by atoms with Crippen LogP contribution >= 0.6 is 0 Å². The van der Waals surface area contributed by atoms with E-state index in [2.05, 4.69) is 48.3 Å². The van der Waals surface area contributed by atoms with E-state index in [1.807, 2.05) is 18.2 Å². The quantitative estimate of drug-likeness (QED) is 0.684. The molecule has 1 saturated heterocycles. The maximum absolute atomic E-state index is 9.84. The van der Waals surface area contributed by atoms with Crippen molar-refractivity contribution >= 4 is 22.5 Å². The Morgan fingerprint density at radius 2 is 1.92 bits per heavy atom. The van der Waals surface area contributed by atoms with Crippen molar-refractivity contribution in [1.29, 1.82) is 5.26 Å². The van der Waals surface area contributed by atoms with Crippen LogP contribution in [0.1, 0.15) is 44.7 Å². The number of rotatable bonds is 3. The Hall–Kier alpha value is -2.54. The number of pyridine rings is 1. The number of anilines is 1. The lowest BCUT2D eigenvalue weighted by molar-refractivity contribution is 0.355. The van der Waals surface area contributed by atoms with E-state index in [4.69, 9.17) is 4.98 Å². The van der Waals surface area contributed by atoms with Crippen LogP contribution in [-0.4, -0.2) is 22.5 Å². The minimum Gasteiger partial charge on any atom is -0.357 e. The van der Waals surface area contributed by atoms with Crippen LogP contribution in [-0.2, 0) is 6.42 Å². The summed E-state index contributed by atoms with van der Waals surface area (Å²) in [6.45, 7) is 8.95. The minimum atomic E-state index is 0.675. The maximum atomic E-state index is 9.84. The Morgan fingerprint density at radius 1 is 1.19 bits per heavy atom. The molecule has 134 valence electrons. The zero-order valence-electron chi connectivity index (χ0n) is 15.9. The first-order valence-corrected chi connectivity index (χ1v) is 9.70. The zero-order chi connectivity index (χ0) is 18.3. The second-order valence-corrected chi connectivity index (χ2v) is 7.88. The zero-order valence-corrected chi connectivity index (χ0v) is 15.9. The molecule has 0 N–H and O–H groups in total. The predicted octanol–water partition coefficient (Wildman–Crippen LogP) is 4.79. The number of nitriles is 1. The summed E-state index contributed by atoms with van der Waals surface area (Å²) in [6.07, 6.45) is 3.22. The molecule has 2 aromatic heterocycles. The summed E-state index contributed by atoms with van der Waals surface area (Å²) in [4.78, 5) is 7.34. The van der Waals surface area contributed by atoms with Crippen molar-refractivity contribution in [3.05, 3.63) is 41.5 Å². The van der Waals surface area contributed by atoms with Crippen LogP contribution in [0, 0.1) is 23.2 Å². The van der Waals surface area contributed by atoms with Crippen LogP contribution in [0.5, 0.6) is 0 Å². The molecule has 4 rings (SSSR count). The monoisotopic (exact) mass is 346 g/mol. The molecule has 1 aliphatic heterocycles. The molecule has 3 aromatic rings. The number of para-hydroxylation sites is 2. The van der Waals surface area contributed by atoms with E-state index in [1.54, 1.807) is 0 Å². The van der Waals surface area contributed by atoms with Crippen LogP contribution in [0.3, 0.4) is 0 Å². The summed E-state index contributed by atoms with van der Waals surface area (Å²) in [5.41, 5.74) is 4.70. The van der Waals surface area contributed by atoms with Gasteiger partial charge < -0.3 is 4.90 Å². The average Bonchev–Trinajstić information content (AvgIpc) is 2.99. The van der Waals surface area contributed by atoms with Gasteiger partial charge in [0.05, 0.1) is 16.6 Å². The van der Waals surface area contributed by atoms with Crippen molar-refractivity contribution < 1.29 is 0 Å². The molecule has 1 aliphatic rings. The lowest BCUT2D eigenvalue weighted by atomic mass is 9.91. The lowest BCUT2D eigenvalue weighted by Gasteiger charge is -2.37. The maximum Gasteiger partial charge on any atom is 0.157 e. The molecule has 0 aliphatic carbocycles. The van der Waals surface area contributed by atoms with Crippen LogP contribution in [0.25, 0.3) is 16.7 Å². The highest BCUT2D eigenvalue weighted by Crippen LogP contribution is 2.32. The van der Waals surface area contributed by atoms with Crippen molar-refractivity contribution in [2.45, 2.75) is 40.0 Å². The first-order valence-electron chi connectivity index (χ1n) is 9.70. The SMILES string of the molecule is CCCc1cc(N2C[C@@H](C)C[C@H](C)C2)n2c(nc3ccccc32)c1C#N. The third-order valence-electron chi connectivity index (χ3n) is 5.46. The van der Waals surface area contributed by atoms with Crippen molar-refractivity contribution in [2.75, 3.05) is 18.0 Å². The predicted molar refractivity (Wildman–Crippen MR) is 107 cm³/mol. The Balaban J connectivity index is 2.02. The second-order valence-electron chi connectivity index (χ2n) is 7.88. The standard InChI is InChI=1S/C22H26N4/c1-4-7-17-11-21(25-13-15(2)10-16(3)14-25)26-20-9-6-5-8-19(20)24-22(26)18(17)12-23/h5-6,8-9,11,15-16H,4,7,10,13-14H2,1-3H3/t15-,16-/m0/s1. The van der Waals surface area contributed by atoms with Crippen molar-refractivity contribution in [3.8, 4) is 6.07 Å². The number of nitrogens with zero attached hydrogens (tertiary/aromatic N) is 4. The average molecular weight is 346 g/mol. The number of piperidine rings is 1. The third kappa shape index (κ3) is 2.72. The fourth-order valence-corrected chi connectivity index (χ4v) is 4.53. The van der Waals surface area contributed by atoms with Crippen molar-refractivity contribution in [1.82, 2.24) is 9.38 Å². The second kappa shape index (κ2) is 6.64. The van der Waals surface area contributed by atoms with Gasteiger partial charge >= 0.3 is 0 Å². The highest BCUT2D eigenvalue weighted by molar-refractivity contribution is 5.85. The van der Waals surface area contributed by atoms with E-state index in [0.717, 1.165) is 53.7 Å². The van der Waals surface area contributed by atoms with Gasteiger partial charge in [0.15, 0.2) is 5.65 Å². The summed E-state index contributed by atoms with van der Waals surface area (Å²) in [5, 5.41) is 9.84. The van der Waals surface area contributed by atoms with Gasteiger partial charge in [-0.1, -0.05) is 39.3 Å². The summed E-state index contributed by atoms with van der Waals surface area (Å²) < 4.78 is 2.21. The first-order chi connectivity index (χ1) is 12.6. The molecular weight excluding hydrogens is 320 g/mol. The highest BCUT2D eigenvalue weighted by Gasteiger charge is 2.26. The van der Waals surface area contributed by atoms with E-state index < -0.39 is 0 Å². The largest absolute Gasteiger partial charge is 0.357 e. The van der Waals surface area contributed by atoms with Gasteiger partial charge in [0.25, 0.3) is 0 Å². The van der Waals surface area contributed by atoms with E-state index in [1.165, 1.54) is 12.2 Å². The Labute approximate surface area is 155 Å². The van der Waals surface area contributed by atoms with Gasteiger partial charge in [-0.2, -0.15) is 5.26 Å². The molecule has 0 radical (unpaired) electrons. The molecule has 0 unspecified atom stereocenters. The Kier molecular flexibility index (Phi) is 4.32. The highest BCUT2D eigenvalue weighted by atomic mass is 15.2. The topological polar surface area (TPSA) is 44.3 Å². The van der Waals surface area contributed by atoms with E-state index >= 15 is 0 Å². The van der Waals surface area contributed by atoms with Crippen LogP contribution in [0.2, 0.25) is 0 Å². The van der Waals surface area contributed by atoms with Crippen molar-refractivity contribution in [2.24, 2.45) is 11.8 Å². The number of imidazole rings is 1. The minimum absolute atomic E-state index is 0.675. The molecule has 3 heterocycles. The molecule has 0 amide bonds. The number of hydrogen-bond donors (Lipinski definition) is 0. The number of hydrogen-bond acceptors (Lipinski definition) is 3. The van der Waals surface area contributed by atoms with Crippen molar-refractivity contribution in [3.63, 3.8) is 0 Å². The molecule has 1 fully saturated rings. The van der Waals surface area contributed by atoms with Gasteiger partial charge in [0.1, 0.15) is 11.9 Å². The third-order valence-corrected chi connectivity index (χ3v) is 5.46. The molecule has 0 spiro atoms. The first kappa shape index (κ1) is 16.9. The molecule has 4 nitrogen and oxygen atoms in total. The molecule has 0 saturated carbocycles. The van der Waals surface area contributed by atoms with Gasteiger partial charge in [-0.25, -0.2) is 4.98 Å². The van der Waals surface area contributed by atoms with Crippen LogP contribution in [0.4, 0.5) is 5.82 Å². The van der Waals surface area contributed by atoms with Gasteiger partial charge in [0.2, 0.25) is 0 Å². The molecule has 26 heavy (non-hydrogen) atoms. The van der Waals surface area contributed by atoms with Gasteiger partial charge in [-0.3, -0.25) is 4.40 Å². The Morgan fingerprint density at radius 3 is 2.62 bits per heavy atom. The van der Waals surface area contributed by atoms with Gasteiger partial charge in [-0.05, 0) is 48.4 Å². The van der Waals surface area contributed by atoms with Crippen LogP contribution in [0.15, 0.2) is 30.3 Å². The van der Waals surface area contributed by atoms with E-state index in [-0.39, 0.29) is 0 Å². The lowest BCUT2D eigenvalue weighted by Crippen LogP contribution is -2.39.